The monoisotopic (exact) mass is 896 g/mol. The van der Waals surface area contributed by atoms with Gasteiger partial charge in [-0.3, -0.25) is 0 Å². The molecule has 3 aromatic heterocycles. The molecule has 0 bridgehead atoms. The lowest BCUT2D eigenvalue weighted by Gasteiger charge is -2.10. The standard InChI is InChI=1S/C33H22N4.C13H11N.8C2H6/c1-3-11-23(12-4-1)31-34-32(24-13-5-2-6-14-24)36-33(35-31)25-19-21-26(22-20-25)37-29-17-9-7-15-27(29)28-16-8-10-18-30(28)37;1-14-12-8-4-2-6-10(12)11-7-3-5-9-13(11)14;8*1-2/h1-22H;2-9H,1H3;8*1-2H3. The first-order valence-corrected chi connectivity index (χ1v) is 25.1. The van der Waals surface area contributed by atoms with Crippen LogP contribution < -0.4 is 0 Å². The van der Waals surface area contributed by atoms with Gasteiger partial charge in [-0.15, -0.1) is 0 Å². The lowest BCUT2D eigenvalue weighted by atomic mass is 10.1. The minimum atomic E-state index is 0.654. The third kappa shape index (κ3) is 14.6. The van der Waals surface area contributed by atoms with Crippen molar-refractivity contribution < 1.29 is 0 Å². The Bertz CT molecular complexity index is 2640. The third-order valence-corrected chi connectivity index (χ3v) is 9.48. The van der Waals surface area contributed by atoms with Gasteiger partial charge in [-0.05, 0) is 48.5 Å². The summed E-state index contributed by atoms with van der Waals surface area (Å²) >= 11 is 0. The highest BCUT2D eigenvalue weighted by Crippen LogP contribution is 2.33. The summed E-state index contributed by atoms with van der Waals surface area (Å²) in [5, 5.41) is 5.18. The fourth-order valence-electron chi connectivity index (χ4n) is 7.02. The average Bonchev–Trinajstić information content (AvgIpc) is 3.95. The molecule has 0 amide bonds. The van der Waals surface area contributed by atoms with E-state index in [1.165, 1.54) is 43.6 Å². The first kappa shape index (κ1) is 58.2. The maximum atomic E-state index is 4.86. The maximum absolute atomic E-state index is 4.86. The van der Waals surface area contributed by atoms with Crippen LogP contribution in [0.1, 0.15) is 111 Å². The van der Waals surface area contributed by atoms with E-state index in [1.807, 2.05) is 171 Å². The lowest BCUT2D eigenvalue weighted by Crippen LogP contribution is -2.00. The van der Waals surface area contributed by atoms with E-state index in [-0.39, 0.29) is 0 Å². The van der Waals surface area contributed by atoms with Crippen molar-refractivity contribution >= 4 is 43.6 Å². The number of rotatable bonds is 4. The van der Waals surface area contributed by atoms with Crippen molar-refractivity contribution in [2.45, 2.75) is 111 Å². The molecule has 10 rings (SSSR count). The minimum absolute atomic E-state index is 0.654. The Labute approximate surface area is 405 Å². The maximum Gasteiger partial charge on any atom is 0.164 e. The molecule has 0 fully saturated rings. The molecule has 67 heavy (non-hydrogen) atoms. The van der Waals surface area contributed by atoms with Crippen LogP contribution in [0.4, 0.5) is 0 Å². The van der Waals surface area contributed by atoms with Crippen molar-refractivity contribution in [3.63, 3.8) is 0 Å². The van der Waals surface area contributed by atoms with E-state index in [9.17, 15) is 0 Å². The van der Waals surface area contributed by atoms with Crippen LogP contribution in [-0.4, -0.2) is 24.1 Å². The SMILES string of the molecule is CC.CC.CC.CC.CC.CC.CC.CC.Cn1c2ccccc2c2ccccc21.c1ccc(-c2nc(-c3ccccc3)nc(-c3ccc(-n4c5ccccc5c5ccccc54)cc3)n2)cc1. The van der Waals surface area contributed by atoms with Gasteiger partial charge in [-0.1, -0.05) is 244 Å². The van der Waals surface area contributed by atoms with Gasteiger partial charge in [0.1, 0.15) is 0 Å². The van der Waals surface area contributed by atoms with E-state index in [0.29, 0.717) is 17.5 Å². The van der Waals surface area contributed by atoms with Crippen LogP contribution >= 0.6 is 0 Å². The number of aromatic nitrogens is 5. The van der Waals surface area contributed by atoms with Crippen molar-refractivity contribution in [2.24, 2.45) is 7.05 Å². The molecule has 0 N–H and O–H groups in total. The summed E-state index contributed by atoms with van der Waals surface area (Å²) in [6.45, 7) is 32.0. The zero-order valence-corrected chi connectivity index (χ0v) is 44.1. The molecule has 3 heterocycles. The van der Waals surface area contributed by atoms with Crippen LogP contribution in [0.5, 0.6) is 0 Å². The van der Waals surface area contributed by atoms with Gasteiger partial charge in [-0.2, -0.15) is 0 Å². The van der Waals surface area contributed by atoms with Gasteiger partial charge >= 0.3 is 0 Å². The smallest absolute Gasteiger partial charge is 0.164 e. The van der Waals surface area contributed by atoms with Crippen LogP contribution in [0, 0.1) is 0 Å². The topological polar surface area (TPSA) is 48.5 Å². The number of hydrogen-bond donors (Lipinski definition) is 0. The lowest BCUT2D eigenvalue weighted by molar-refractivity contribution is 1.01. The Morgan fingerprint density at radius 1 is 0.254 bits per heavy atom. The van der Waals surface area contributed by atoms with Crippen LogP contribution in [0.15, 0.2) is 182 Å². The van der Waals surface area contributed by atoms with Crippen molar-refractivity contribution in [1.29, 1.82) is 0 Å². The third-order valence-electron chi connectivity index (χ3n) is 9.48. The second-order valence-electron chi connectivity index (χ2n) is 12.5. The van der Waals surface area contributed by atoms with E-state index in [2.05, 4.69) is 138 Å². The molecule has 7 aromatic carbocycles. The molecular formula is C62H81N5. The molecule has 0 aliphatic carbocycles. The molecule has 5 heteroatoms. The fraction of sp³-hybridized carbons (Fsp3) is 0.274. The fourth-order valence-corrected chi connectivity index (χ4v) is 7.02. The summed E-state index contributed by atoms with van der Waals surface area (Å²) in [5.41, 5.74) is 8.95. The Hall–Kier alpha value is -6.85. The van der Waals surface area contributed by atoms with E-state index in [1.54, 1.807) is 0 Å². The quantitative estimate of drug-likeness (QED) is 0.177. The van der Waals surface area contributed by atoms with E-state index in [4.69, 9.17) is 15.0 Å². The molecule has 0 radical (unpaired) electrons. The Morgan fingerprint density at radius 3 is 0.806 bits per heavy atom. The summed E-state index contributed by atoms with van der Waals surface area (Å²) in [5.74, 6) is 1.98. The van der Waals surface area contributed by atoms with Gasteiger partial charge in [0.15, 0.2) is 17.5 Å². The molecule has 0 atom stereocenters. The highest BCUT2D eigenvalue weighted by Gasteiger charge is 2.14. The molecule has 0 spiro atoms. The molecule has 5 nitrogen and oxygen atoms in total. The normalized spacial score (nSPS) is 9.27. The molecule has 10 aromatic rings. The zero-order chi connectivity index (χ0) is 50.1. The van der Waals surface area contributed by atoms with Gasteiger partial charge < -0.3 is 9.13 Å². The number of aryl methyl sites for hydroxylation is 1. The average molecular weight is 896 g/mol. The Balaban J connectivity index is 0.000000623. The van der Waals surface area contributed by atoms with Gasteiger partial charge in [-0.25, -0.2) is 15.0 Å². The van der Waals surface area contributed by atoms with Crippen molar-refractivity contribution in [3.8, 4) is 39.9 Å². The predicted molar refractivity (Wildman–Crippen MR) is 302 cm³/mol. The van der Waals surface area contributed by atoms with Crippen LogP contribution in [0.3, 0.4) is 0 Å². The molecule has 0 aliphatic heterocycles. The molecule has 0 unspecified atom stereocenters. The largest absolute Gasteiger partial charge is 0.344 e. The number of nitrogens with zero attached hydrogens (tertiary/aromatic N) is 5. The van der Waals surface area contributed by atoms with E-state index < -0.39 is 0 Å². The van der Waals surface area contributed by atoms with Gasteiger partial charge in [0, 0.05) is 62.0 Å². The summed E-state index contributed by atoms with van der Waals surface area (Å²) in [4.78, 5) is 14.5. The number of para-hydroxylation sites is 4. The van der Waals surface area contributed by atoms with Crippen molar-refractivity contribution in [3.05, 3.63) is 182 Å². The first-order chi connectivity index (χ1) is 33.2. The van der Waals surface area contributed by atoms with Crippen LogP contribution in [-0.2, 0) is 7.05 Å². The van der Waals surface area contributed by atoms with Gasteiger partial charge in [0.05, 0.1) is 11.0 Å². The highest BCUT2D eigenvalue weighted by atomic mass is 15.0. The molecule has 354 valence electrons. The van der Waals surface area contributed by atoms with Crippen LogP contribution in [0.2, 0.25) is 0 Å². The van der Waals surface area contributed by atoms with Crippen molar-refractivity contribution in [1.82, 2.24) is 24.1 Å². The Morgan fingerprint density at radius 2 is 0.493 bits per heavy atom. The second kappa shape index (κ2) is 33.6. The summed E-state index contributed by atoms with van der Waals surface area (Å²) in [6.07, 6.45) is 0. The molecular weight excluding hydrogens is 815 g/mol. The highest BCUT2D eigenvalue weighted by molar-refractivity contribution is 6.09. The van der Waals surface area contributed by atoms with E-state index >= 15 is 0 Å². The minimum Gasteiger partial charge on any atom is -0.344 e. The molecule has 0 saturated carbocycles. The summed E-state index contributed by atoms with van der Waals surface area (Å²) in [7, 11) is 2.12. The van der Waals surface area contributed by atoms with Crippen molar-refractivity contribution in [2.75, 3.05) is 0 Å². The second-order valence-corrected chi connectivity index (χ2v) is 12.5. The Kier molecular flexibility index (Phi) is 29.2. The molecule has 0 saturated heterocycles. The van der Waals surface area contributed by atoms with Crippen LogP contribution in [0.25, 0.3) is 83.5 Å². The summed E-state index contributed by atoms with van der Waals surface area (Å²) in [6, 6.07) is 62.7. The summed E-state index contributed by atoms with van der Waals surface area (Å²) < 4.78 is 4.55. The number of benzene rings is 7. The van der Waals surface area contributed by atoms with E-state index in [0.717, 1.165) is 22.4 Å². The number of hydrogen-bond acceptors (Lipinski definition) is 3. The number of fused-ring (bicyclic) bond motifs is 6. The van der Waals surface area contributed by atoms with Gasteiger partial charge in [0.2, 0.25) is 0 Å². The predicted octanol–water partition coefficient (Wildman–Crippen LogP) is 19.5. The molecule has 0 aliphatic rings. The first-order valence-electron chi connectivity index (χ1n) is 25.1. The van der Waals surface area contributed by atoms with Gasteiger partial charge in [0.25, 0.3) is 0 Å². The zero-order valence-electron chi connectivity index (χ0n) is 44.1.